The summed E-state index contributed by atoms with van der Waals surface area (Å²) in [5, 5.41) is 5.94. The fraction of sp³-hybridized carbons (Fsp3) is 0.174. The Labute approximate surface area is 192 Å². The Kier molecular flexibility index (Phi) is 5.99. The summed E-state index contributed by atoms with van der Waals surface area (Å²) in [5.41, 5.74) is 3.45. The molecule has 0 saturated heterocycles. The third kappa shape index (κ3) is 4.37. The zero-order valence-corrected chi connectivity index (χ0v) is 19.1. The van der Waals surface area contributed by atoms with Crippen LogP contribution in [0.5, 0.6) is 5.75 Å². The molecule has 0 aromatic heterocycles. The van der Waals surface area contributed by atoms with E-state index in [1.54, 1.807) is 60.7 Å². The first kappa shape index (κ1) is 22.0. The number of hydrogen-bond donors (Lipinski definition) is 2. The molecule has 0 unspecified atom stereocenters. The summed E-state index contributed by atoms with van der Waals surface area (Å²) in [6.07, 6.45) is 0.555. The number of methoxy groups -OCH3 is 1. The van der Waals surface area contributed by atoms with Crippen molar-refractivity contribution in [3.05, 3.63) is 76.8 Å². The van der Waals surface area contributed by atoms with Gasteiger partial charge in [0, 0.05) is 17.3 Å². The van der Waals surface area contributed by atoms with E-state index < -0.39 is 16.1 Å². The van der Waals surface area contributed by atoms with Gasteiger partial charge in [0.1, 0.15) is 5.75 Å². The Morgan fingerprint density at radius 1 is 1.03 bits per heavy atom. The monoisotopic (exact) mass is 471 g/mol. The van der Waals surface area contributed by atoms with E-state index in [0.717, 1.165) is 11.1 Å². The number of nitrogens with zero attached hydrogens (tertiary/aromatic N) is 1. The summed E-state index contributed by atoms with van der Waals surface area (Å²) >= 11 is 6.00. The number of rotatable bonds is 5. The molecule has 1 heterocycles. The Hall–Kier alpha value is -3.23. The van der Waals surface area contributed by atoms with E-state index in [4.69, 9.17) is 16.3 Å². The first-order valence-corrected chi connectivity index (χ1v) is 11.7. The van der Waals surface area contributed by atoms with Crippen molar-refractivity contribution in [1.29, 1.82) is 0 Å². The summed E-state index contributed by atoms with van der Waals surface area (Å²) in [6.45, 7) is 2.26. The normalized spacial score (nSPS) is 12.9. The van der Waals surface area contributed by atoms with Crippen LogP contribution in [0.1, 0.15) is 11.1 Å². The van der Waals surface area contributed by atoms with E-state index in [-0.39, 0.29) is 4.90 Å². The third-order valence-electron chi connectivity index (χ3n) is 5.21. The van der Waals surface area contributed by atoms with Crippen LogP contribution in [0.4, 0.5) is 21.9 Å². The van der Waals surface area contributed by atoms with Crippen molar-refractivity contribution in [2.45, 2.75) is 18.2 Å². The van der Waals surface area contributed by atoms with Crippen LogP contribution in [-0.4, -0.2) is 28.1 Å². The van der Waals surface area contributed by atoms with Gasteiger partial charge in [0.25, 0.3) is 10.0 Å². The van der Waals surface area contributed by atoms with Gasteiger partial charge in [-0.25, -0.2) is 13.2 Å². The molecule has 3 aromatic carbocycles. The Balaban J connectivity index is 1.51. The van der Waals surface area contributed by atoms with Gasteiger partial charge in [-0.1, -0.05) is 29.3 Å². The van der Waals surface area contributed by atoms with E-state index in [9.17, 15) is 13.2 Å². The van der Waals surface area contributed by atoms with Gasteiger partial charge in [-0.2, -0.15) is 0 Å². The van der Waals surface area contributed by atoms with Gasteiger partial charge in [-0.15, -0.1) is 0 Å². The van der Waals surface area contributed by atoms with E-state index in [1.165, 1.54) is 11.4 Å². The highest BCUT2D eigenvalue weighted by molar-refractivity contribution is 7.92. The first-order chi connectivity index (χ1) is 15.3. The summed E-state index contributed by atoms with van der Waals surface area (Å²) in [7, 11) is -2.15. The highest BCUT2D eigenvalue weighted by atomic mass is 35.5. The summed E-state index contributed by atoms with van der Waals surface area (Å²) in [5.74, 6) is 0.482. The fourth-order valence-corrected chi connectivity index (χ4v) is 5.27. The van der Waals surface area contributed by atoms with Crippen LogP contribution in [0.15, 0.2) is 65.6 Å². The molecule has 1 aliphatic heterocycles. The molecule has 0 bridgehead atoms. The maximum absolute atomic E-state index is 13.1. The second-order valence-corrected chi connectivity index (χ2v) is 9.71. The number of urea groups is 1. The summed E-state index contributed by atoms with van der Waals surface area (Å²) < 4.78 is 32.8. The van der Waals surface area contributed by atoms with Crippen LogP contribution in [0.2, 0.25) is 5.02 Å². The number of halogens is 1. The number of carbonyl (C=O) groups excluding carboxylic acids is 1. The molecule has 4 rings (SSSR count). The SMILES string of the molecule is COc1ccc(Cl)cc1NC(=O)Nc1ccc2c(c1)CCN2S(=O)(=O)c1ccc(C)cc1. The van der Waals surface area contributed by atoms with Crippen molar-refractivity contribution in [2.75, 3.05) is 28.6 Å². The Bertz CT molecular complexity index is 1280. The topological polar surface area (TPSA) is 87.7 Å². The number of sulfonamides is 1. The van der Waals surface area contributed by atoms with Crippen molar-refractivity contribution in [2.24, 2.45) is 0 Å². The number of ether oxygens (including phenoxy) is 1. The van der Waals surface area contributed by atoms with E-state index >= 15 is 0 Å². The molecule has 0 aliphatic carbocycles. The number of aryl methyl sites for hydroxylation is 1. The average molecular weight is 472 g/mol. The minimum absolute atomic E-state index is 0.257. The predicted octanol–water partition coefficient (Wildman–Crippen LogP) is 5.05. The molecule has 0 fully saturated rings. The van der Waals surface area contributed by atoms with Crippen LogP contribution in [0.3, 0.4) is 0 Å². The zero-order valence-electron chi connectivity index (χ0n) is 17.6. The summed E-state index contributed by atoms with van der Waals surface area (Å²) in [6, 6.07) is 16.4. The smallest absolute Gasteiger partial charge is 0.323 e. The lowest BCUT2D eigenvalue weighted by Gasteiger charge is -2.20. The standard InChI is InChI=1S/C23H22ClN3O4S/c1-15-3-7-19(8-4-15)32(29,30)27-12-11-16-13-18(6-9-21(16)27)25-23(28)26-20-14-17(24)5-10-22(20)31-2/h3-10,13-14H,11-12H2,1-2H3,(H2,25,26,28). The molecule has 0 atom stereocenters. The lowest BCUT2D eigenvalue weighted by Crippen LogP contribution is -2.29. The van der Waals surface area contributed by atoms with Gasteiger partial charge in [0.15, 0.2) is 0 Å². The number of amides is 2. The van der Waals surface area contributed by atoms with Crippen LogP contribution in [-0.2, 0) is 16.4 Å². The van der Waals surface area contributed by atoms with Crippen LogP contribution >= 0.6 is 11.6 Å². The van der Waals surface area contributed by atoms with Crippen molar-refractivity contribution in [3.63, 3.8) is 0 Å². The zero-order chi connectivity index (χ0) is 22.9. The molecule has 2 amide bonds. The van der Waals surface area contributed by atoms with E-state index in [1.807, 2.05) is 6.92 Å². The fourth-order valence-electron chi connectivity index (χ4n) is 3.60. The number of anilines is 3. The number of benzene rings is 3. The lowest BCUT2D eigenvalue weighted by atomic mass is 10.1. The largest absolute Gasteiger partial charge is 0.495 e. The van der Waals surface area contributed by atoms with Gasteiger partial charge >= 0.3 is 6.03 Å². The molecule has 32 heavy (non-hydrogen) atoms. The molecule has 0 spiro atoms. The molecule has 2 N–H and O–H groups in total. The molecule has 7 nitrogen and oxygen atoms in total. The lowest BCUT2D eigenvalue weighted by molar-refractivity contribution is 0.262. The van der Waals surface area contributed by atoms with E-state index in [2.05, 4.69) is 10.6 Å². The molecular weight excluding hydrogens is 450 g/mol. The number of fused-ring (bicyclic) bond motifs is 1. The quantitative estimate of drug-likeness (QED) is 0.545. The van der Waals surface area contributed by atoms with Crippen LogP contribution in [0.25, 0.3) is 0 Å². The van der Waals surface area contributed by atoms with Gasteiger partial charge < -0.3 is 15.4 Å². The molecule has 1 aliphatic rings. The second-order valence-electron chi connectivity index (χ2n) is 7.41. The number of carbonyl (C=O) groups is 1. The first-order valence-electron chi connectivity index (χ1n) is 9.92. The summed E-state index contributed by atoms with van der Waals surface area (Å²) in [4.78, 5) is 12.7. The van der Waals surface area contributed by atoms with Crippen molar-refractivity contribution < 1.29 is 17.9 Å². The molecule has 0 radical (unpaired) electrons. The predicted molar refractivity (Wildman–Crippen MR) is 127 cm³/mol. The van der Waals surface area contributed by atoms with E-state index in [0.29, 0.717) is 40.8 Å². The highest BCUT2D eigenvalue weighted by Crippen LogP contribution is 2.35. The van der Waals surface area contributed by atoms with Crippen molar-refractivity contribution in [3.8, 4) is 5.75 Å². The molecule has 0 saturated carbocycles. The van der Waals surface area contributed by atoms with Gasteiger partial charge in [-0.05, 0) is 67.4 Å². The van der Waals surface area contributed by atoms with Gasteiger partial charge in [-0.3, -0.25) is 4.31 Å². The third-order valence-corrected chi connectivity index (χ3v) is 7.27. The average Bonchev–Trinajstić information content (AvgIpc) is 3.18. The van der Waals surface area contributed by atoms with Crippen molar-refractivity contribution in [1.82, 2.24) is 0 Å². The number of nitrogens with one attached hydrogen (secondary N) is 2. The molecule has 9 heteroatoms. The molecular formula is C23H22ClN3O4S. The number of hydrogen-bond acceptors (Lipinski definition) is 4. The highest BCUT2D eigenvalue weighted by Gasteiger charge is 2.31. The van der Waals surface area contributed by atoms with Crippen LogP contribution < -0.4 is 19.7 Å². The van der Waals surface area contributed by atoms with Gasteiger partial charge in [0.2, 0.25) is 0 Å². The maximum Gasteiger partial charge on any atom is 0.323 e. The van der Waals surface area contributed by atoms with Crippen LogP contribution in [0, 0.1) is 6.92 Å². The van der Waals surface area contributed by atoms with Gasteiger partial charge in [0.05, 0.1) is 23.4 Å². The maximum atomic E-state index is 13.1. The Morgan fingerprint density at radius 2 is 1.78 bits per heavy atom. The minimum Gasteiger partial charge on any atom is -0.495 e. The molecule has 3 aromatic rings. The minimum atomic E-state index is -3.65. The van der Waals surface area contributed by atoms with Crippen molar-refractivity contribution >= 4 is 44.7 Å². The second kappa shape index (κ2) is 8.72. The Morgan fingerprint density at radius 3 is 2.50 bits per heavy atom. The molecule has 166 valence electrons.